The molecule has 0 aliphatic heterocycles. The molecule has 1 aliphatic carbocycles. The molecule has 0 bridgehead atoms. The SMILES string of the molecule is CC(C)CCC[C@H](C)C1(C)CCc2c1ccc1c2ccc2ccccc21. The maximum atomic E-state index is 2.52. The van der Waals surface area contributed by atoms with E-state index in [1.165, 1.54) is 53.6 Å². The fourth-order valence-electron chi connectivity index (χ4n) is 5.14. The van der Waals surface area contributed by atoms with Crippen LogP contribution in [0.2, 0.25) is 0 Å². The first-order valence-corrected chi connectivity index (χ1v) is 10.4. The third kappa shape index (κ3) is 2.84. The first-order valence-electron chi connectivity index (χ1n) is 10.4. The summed E-state index contributed by atoms with van der Waals surface area (Å²) in [5.41, 5.74) is 3.58. The highest BCUT2D eigenvalue weighted by Gasteiger charge is 2.39. The lowest BCUT2D eigenvalue weighted by molar-refractivity contribution is 0.283. The number of fused-ring (bicyclic) bond motifs is 5. The molecule has 3 aromatic rings. The van der Waals surface area contributed by atoms with Gasteiger partial charge in [0.2, 0.25) is 0 Å². The van der Waals surface area contributed by atoms with Crippen molar-refractivity contribution in [2.45, 2.75) is 65.2 Å². The monoisotopic (exact) mass is 344 g/mol. The lowest BCUT2D eigenvalue weighted by Gasteiger charge is -2.33. The molecule has 136 valence electrons. The Balaban J connectivity index is 1.73. The summed E-state index contributed by atoms with van der Waals surface area (Å²) in [5.74, 6) is 1.57. The topological polar surface area (TPSA) is 0 Å². The van der Waals surface area contributed by atoms with Crippen LogP contribution in [0.1, 0.15) is 64.5 Å². The van der Waals surface area contributed by atoms with E-state index >= 15 is 0 Å². The van der Waals surface area contributed by atoms with Crippen LogP contribution in [0.5, 0.6) is 0 Å². The Morgan fingerprint density at radius 3 is 2.42 bits per heavy atom. The van der Waals surface area contributed by atoms with Crippen LogP contribution in [0, 0.1) is 11.8 Å². The minimum absolute atomic E-state index is 0.339. The summed E-state index contributed by atoms with van der Waals surface area (Å²) >= 11 is 0. The Bertz CT molecular complexity index is 933. The van der Waals surface area contributed by atoms with Gasteiger partial charge in [-0.1, -0.05) is 89.1 Å². The third-order valence-corrected chi connectivity index (χ3v) is 7.05. The van der Waals surface area contributed by atoms with Crippen molar-refractivity contribution in [3.8, 4) is 0 Å². The van der Waals surface area contributed by atoms with Gasteiger partial charge in [0, 0.05) is 0 Å². The molecule has 0 saturated carbocycles. The van der Waals surface area contributed by atoms with Crippen LogP contribution in [0.15, 0.2) is 48.5 Å². The molecule has 0 saturated heterocycles. The van der Waals surface area contributed by atoms with Crippen LogP contribution in [0.3, 0.4) is 0 Å². The fraction of sp³-hybridized carbons (Fsp3) is 0.462. The van der Waals surface area contributed by atoms with E-state index in [9.17, 15) is 0 Å². The Labute approximate surface area is 158 Å². The van der Waals surface area contributed by atoms with Crippen LogP contribution < -0.4 is 0 Å². The van der Waals surface area contributed by atoms with E-state index < -0.39 is 0 Å². The number of benzene rings is 3. The molecule has 1 unspecified atom stereocenters. The molecular weight excluding hydrogens is 312 g/mol. The molecule has 3 aromatic carbocycles. The van der Waals surface area contributed by atoms with Gasteiger partial charge in [-0.3, -0.25) is 0 Å². The zero-order chi connectivity index (χ0) is 18.3. The molecule has 2 atom stereocenters. The molecule has 0 aromatic heterocycles. The Hall–Kier alpha value is -1.82. The molecule has 0 heteroatoms. The van der Waals surface area contributed by atoms with Gasteiger partial charge in [0.15, 0.2) is 0 Å². The van der Waals surface area contributed by atoms with E-state index in [2.05, 4.69) is 76.2 Å². The lowest BCUT2D eigenvalue weighted by Crippen LogP contribution is -2.27. The van der Waals surface area contributed by atoms with Crippen molar-refractivity contribution in [3.05, 3.63) is 59.7 Å². The molecule has 0 spiro atoms. The predicted octanol–water partition coefficient (Wildman–Crippen LogP) is 7.66. The highest BCUT2D eigenvalue weighted by atomic mass is 14.4. The second kappa shape index (κ2) is 6.72. The van der Waals surface area contributed by atoms with E-state index in [1.54, 1.807) is 11.1 Å². The first-order chi connectivity index (χ1) is 12.5. The van der Waals surface area contributed by atoms with Crippen LogP contribution in [0.4, 0.5) is 0 Å². The maximum Gasteiger partial charge on any atom is -0.00435 e. The first kappa shape index (κ1) is 17.6. The minimum Gasteiger partial charge on any atom is -0.0628 e. The molecule has 0 nitrogen and oxygen atoms in total. The summed E-state index contributed by atoms with van der Waals surface area (Å²) in [7, 11) is 0. The smallest absolute Gasteiger partial charge is 0.00435 e. The number of aryl methyl sites for hydroxylation is 1. The van der Waals surface area contributed by atoms with E-state index in [4.69, 9.17) is 0 Å². The van der Waals surface area contributed by atoms with E-state index in [-0.39, 0.29) is 0 Å². The van der Waals surface area contributed by atoms with Gasteiger partial charge in [-0.2, -0.15) is 0 Å². The van der Waals surface area contributed by atoms with E-state index in [1.807, 2.05) is 0 Å². The summed E-state index contributed by atoms with van der Waals surface area (Å²) in [5, 5.41) is 5.66. The van der Waals surface area contributed by atoms with E-state index in [0.29, 0.717) is 5.41 Å². The molecule has 0 amide bonds. The second-order valence-electron chi connectivity index (χ2n) is 9.12. The fourth-order valence-corrected chi connectivity index (χ4v) is 5.14. The van der Waals surface area contributed by atoms with Crippen LogP contribution in [-0.4, -0.2) is 0 Å². The molecule has 0 fully saturated rings. The Morgan fingerprint density at radius 2 is 1.62 bits per heavy atom. The van der Waals surface area contributed by atoms with Crippen LogP contribution in [0.25, 0.3) is 21.5 Å². The molecule has 26 heavy (non-hydrogen) atoms. The zero-order valence-electron chi connectivity index (χ0n) is 16.8. The van der Waals surface area contributed by atoms with Gasteiger partial charge in [0.1, 0.15) is 0 Å². The summed E-state index contributed by atoms with van der Waals surface area (Å²) in [6.07, 6.45) is 6.61. The summed E-state index contributed by atoms with van der Waals surface area (Å²) in [4.78, 5) is 0. The largest absolute Gasteiger partial charge is 0.0628 e. The van der Waals surface area contributed by atoms with Gasteiger partial charge in [0.25, 0.3) is 0 Å². The van der Waals surface area contributed by atoms with Gasteiger partial charge >= 0.3 is 0 Å². The van der Waals surface area contributed by atoms with Gasteiger partial charge in [-0.05, 0) is 69.2 Å². The summed E-state index contributed by atoms with van der Waals surface area (Å²) in [6.45, 7) is 9.69. The quantitative estimate of drug-likeness (QED) is 0.417. The zero-order valence-corrected chi connectivity index (χ0v) is 16.8. The average Bonchev–Trinajstić information content (AvgIpc) is 2.99. The van der Waals surface area contributed by atoms with Gasteiger partial charge in [-0.25, -0.2) is 0 Å². The lowest BCUT2D eigenvalue weighted by atomic mass is 9.71. The highest BCUT2D eigenvalue weighted by Crippen LogP contribution is 2.48. The molecule has 1 aliphatic rings. The molecule has 4 rings (SSSR count). The van der Waals surface area contributed by atoms with Crippen molar-refractivity contribution >= 4 is 21.5 Å². The third-order valence-electron chi connectivity index (χ3n) is 7.05. The predicted molar refractivity (Wildman–Crippen MR) is 115 cm³/mol. The highest BCUT2D eigenvalue weighted by molar-refractivity contribution is 6.08. The number of rotatable bonds is 5. The van der Waals surface area contributed by atoms with Gasteiger partial charge in [-0.15, -0.1) is 0 Å². The van der Waals surface area contributed by atoms with Crippen LogP contribution >= 0.6 is 0 Å². The van der Waals surface area contributed by atoms with Crippen molar-refractivity contribution < 1.29 is 0 Å². The Kier molecular flexibility index (Phi) is 4.55. The summed E-state index contributed by atoms with van der Waals surface area (Å²) in [6, 6.07) is 18.3. The Morgan fingerprint density at radius 1 is 0.846 bits per heavy atom. The number of hydrogen-bond acceptors (Lipinski definition) is 0. The normalized spacial score (nSPS) is 20.8. The molecular formula is C26H32. The van der Waals surface area contributed by atoms with Crippen molar-refractivity contribution in [2.75, 3.05) is 0 Å². The van der Waals surface area contributed by atoms with Crippen LogP contribution in [-0.2, 0) is 11.8 Å². The van der Waals surface area contributed by atoms with Gasteiger partial charge in [0.05, 0.1) is 0 Å². The minimum atomic E-state index is 0.339. The molecule has 0 N–H and O–H groups in total. The van der Waals surface area contributed by atoms with Crippen molar-refractivity contribution in [3.63, 3.8) is 0 Å². The maximum absolute atomic E-state index is 2.52. The van der Waals surface area contributed by atoms with Gasteiger partial charge < -0.3 is 0 Å². The van der Waals surface area contributed by atoms with Crippen molar-refractivity contribution in [1.29, 1.82) is 0 Å². The van der Waals surface area contributed by atoms with Crippen molar-refractivity contribution in [2.24, 2.45) is 11.8 Å². The standard InChI is InChI=1S/C26H32/c1-18(2)8-7-9-19(3)26(4)17-16-24-23-13-12-20-10-5-6-11-21(20)22(23)14-15-25(24)26/h5-6,10-15,18-19H,7-9,16-17H2,1-4H3/t19-,26?/m0/s1. The average molecular weight is 345 g/mol. The van der Waals surface area contributed by atoms with Crippen molar-refractivity contribution in [1.82, 2.24) is 0 Å². The molecule has 0 heterocycles. The summed E-state index contributed by atoms with van der Waals surface area (Å²) < 4.78 is 0. The molecule has 0 radical (unpaired) electrons. The second-order valence-corrected chi connectivity index (χ2v) is 9.12. The van der Waals surface area contributed by atoms with E-state index in [0.717, 1.165) is 11.8 Å². The number of hydrogen-bond donors (Lipinski definition) is 0.